The topological polar surface area (TPSA) is 88.9 Å². The molecule has 1 saturated carbocycles. The zero-order valence-electron chi connectivity index (χ0n) is 17.4. The van der Waals surface area contributed by atoms with Crippen LogP contribution in [0.15, 0.2) is 29.4 Å². The third-order valence-corrected chi connectivity index (χ3v) is 6.38. The maximum Gasteiger partial charge on any atom is 0.251 e. The van der Waals surface area contributed by atoms with E-state index in [-0.39, 0.29) is 36.0 Å². The number of halogens is 1. The van der Waals surface area contributed by atoms with Crippen LogP contribution in [0.1, 0.15) is 55.7 Å². The number of rotatable bonds is 8. The zero-order valence-corrected chi connectivity index (χ0v) is 18.2. The maximum absolute atomic E-state index is 13.0. The molecule has 162 valence electrons. The summed E-state index contributed by atoms with van der Waals surface area (Å²) in [5, 5.41) is 14.9. The first kappa shape index (κ1) is 22.3. The summed E-state index contributed by atoms with van der Waals surface area (Å²) in [5.74, 6) is 0.718. The summed E-state index contributed by atoms with van der Waals surface area (Å²) < 4.78 is 14.9. The van der Waals surface area contributed by atoms with E-state index < -0.39 is 0 Å². The van der Waals surface area contributed by atoms with Crippen LogP contribution >= 0.6 is 11.8 Å². The molecule has 2 aromatic rings. The van der Waals surface area contributed by atoms with Crippen LogP contribution in [-0.4, -0.2) is 38.4 Å². The Bertz CT molecular complexity index is 871. The summed E-state index contributed by atoms with van der Waals surface area (Å²) in [6.45, 7) is 4.97. The standard InChI is InChI=1S/C21H28FN5O2S/c1-3-27-18(12-23-20(29)15-8-10-16(22)11-9-15)25-26-21(27)30-13-19(28)24-17-7-5-4-6-14(17)2/h8-11,14,17H,3-7,12-13H2,1-2H3,(H,23,29)(H,24,28)/t14-,17+/m0/s1. The summed E-state index contributed by atoms with van der Waals surface area (Å²) in [7, 11) is 0. The molecule has 30 heavy (non-hydrogen) atoms. The molecule has 2 atom stereocenters. The lowest BCUT2D eigenvalue weighted by Crippen LogP contribution is -2.41. The highest BCUT2D eigenvalue weighted by Gasteiger charge is 2.23. The second-order valence-corrected chi connectivity index (χ2v) is 8.50. The van der Waals surface area contributed by atoms with Crippen molar-refractivity contribution in [1.29, 1.82) is 0 Å². The van der Waals surface area contributed by atoms with Gasteiger partial charge in [0.1, 0.15) is 5.82 Å². The van der Waals surface area contributed by atoms with Gasteiger partial charge in [-0.15, -0.1) is 10.2 Å². The van der Waals surface area contributed by atoms with Gasteiger partial charge in [0, 0.05) is 18.2 Å². The van der Waals surface area contributed by atoms with Gasteiger partial charge in [0.2, 0.25) is 5.91 Å². The van der Waals surface area contributed by atoms with Crippen molar-refractivity contribution in [3.63, 3.8) is 0 Å². The molecule has 2 amide bonds. The Balaban J connectivity index is 1.52. The van der Waals surface area contributed by atoms with E-state index >= 15 is 0 Å². The summed E-state index contributed by atoms with van der Waals surface area (Å²) in [6, 6.07) is 5.62. The number of hydrogen-bond acceptors (Lipinski definition) is 5. The van der Waals surface area contributed by atoms with E-state index in [1.165, 1.54) is 48.9 Å². The third kappa shape index (κ3) is 5.81. The molecule has 1 aromatic heterocycles. The van der Waals surface area contributed by atoms with Crippen LogP contribution in [0.2, 0.25) is 0 Å². The lowest BCUT2D eigenvalue weighted by Gasteiger charge is -2.29. The monoisotopic (exact) mass is 433 g/mol. The van der Waals surface area contributed by atoms with E-state index in [1.807, 2.05) is 11.5 Å². The highest BCUT2D eigenvalue weighted by atomic mass is 32.2. The van der Waals surface area contributed by atoms with Crippen molar-refractivity contribution in [3.05, 3.63) is 41.5 Å². The Labute approximate surface area is 180 Å². The van der Waals surface area contributed by atoms with E-state index in [0.29, 0.717) is 29.0 Å². The normalized spacial score (nSPS) is 18.8. The summed E-state index contributed by atoms with van der Waals surface area (Å²) in [6.07, 6.45) is 4.61. The van der Waals surface area contributed by atoms with Gasteiger partial charge in [-0.05, 0) is 49.9 Å². The average Bonchev–Trinajstić information content (AvgIpc) is 3.14. The molecule has 1 aromatic carbocycles. The van der Waals surface area contributed by atoms with Crippen LogP contribution in [0.3, 0.4) is 0 Å². The fraction of sp³-hybridized carbons (Fsp3) is 0.524. The van der Waals surface area contributed by atoms with Crippen LogP contribution in [0.4, 0.5) is 4.39 Å². The third-order valence-electron chi connectivity index (χ3n) is 5.41. The summed E-state index contributed by atoms with van der Waals surface area (Å²) in [4.78, 5) is 24.6. The van der Waals surface area contributed by atoms with Crippen LogP contribution in [0.25, 0.3) is 0 Å². The van der Waals surface area contributed by atoms with Gasteiger partial charge in [-0.3, -0.25) is 9.59 Å². The van der Waals surface area contributed by atoms with E-state index in [0.717, 1.165) is 12.8 Å². The minimum absolute atomic E-state index is 0.00978. The van der Waals surface area contributed by atoms with Gasteiger partial charge >= 0.3 is 0 Å². The first-order valence-electron chi connectivity index (χ1n) is 10.4. The van der Waals surface area contributed by atoms with Gasteiger partial charge in [-0.1, -0.05) is 31.5 Å². The maximum atomic E-state index is 13.0. The van der Waals surface area contributed by atoms with Crippen molar-refractivity contribution < 1.29 is 14.0 Å². The molecule has 7 nitrogen and oxygen atoms in total. The fourth-order valence-corrected chi connectivity index (χ4v) is 4.48. The largest absolute Gasteiger partial charge is 0.352 e. The lowest BCUT2D eigenvalue weighted by atomic mass is 9.86. The summed E-state index contributed by atoms with van der Waals surface area (Å²) >= 11 is 1.35. The Kier molecular flexibility index (Phi) is 7.84. The fourth-order valence-electron chi connectivity index (χ4n) is 3.65. The number of nitrogens with one attached hydrogen (secondary N) is 2. The highest BCUT2D eigenvalue weighted by Crippen LogP contribution is 2.24. The molecule has 3 rings (SSSR count). The predicted molar refractivity (Wildman–Crippen MR) is 114 cm³/mol. The van der Waals surface area contributed by atoms with Gasteiger partial charge in [-0.2, -0.15) is 0 Å². The van der Waals surface area contributed by atoms with Crippen molar-refractivity contribution in [2.24, 2.45) is 5.92 Å². The molecule has 2 N–H and O–H groups in total. The van der Waals surface area contributed by atoms with E-state index in [4.69, 9.17) is 0 Å². The molecule has 1 heterocycles. The Morgan fingerprint density at radius 2 is 1.93 bits per heavy atom. The van der Waals surface area contributed by atoms with Crippen LogP contribution in [0.5, 0.6) is 0 Å². The molecular formula is C21H28FN5O2S. The van der Waals surface area contributed by atoms with Gasteiger partial charge in [0.25, 0.3) is 5.91 Å². The number of nitrogens with zero attached hydrogens (tertiary/aromatic N) is 3. The lowest BCUT2D eigenvalue weighted by molar-refractivity contribution is -0.119. The van der Waals surface area contributed by atoms with E-state index in [9.17, 15) is 14.0 Å². The van der Waals surface area contributed by atoms with Crippen molar-refractivity contribution in [3.8, 4) is 0 Å². The Morgan fingerprint density at radius 1 is 1.20 bits per heavy atom. The number of hydrogen-bond donors (Lipinski definition) is 2. The first-order valence-corrected chi connectivity index (χ1v) is 11.3. The number of amides is 2. The highest BCUT2D eigenvalue weighted by molar-refractivity contribution is 7.99. The minimum Gasteiger partial charge on any atom is -0.352 e. The Morgan fingerprint density at radius 3 is 2.63 bits per heavy atom. The predicted octanol–water partition coefficient (Wildman–Crippen LogP) is 3.15. The molecule has 0 radical (unpaired) electrons. The molecule has 0 unspecified atom stereocenters. The van der Waals surface area contributed by atoms with E-state index in [1.54, 1.807) is 0 Å². The minimum atomic E-state index is -0.388. The van der Waals surface area contributed by atoms with Crippen molar-refractivity contribution >= 4 is 23.6 Å². The molecule has 1 aliphatic carbocycles. The number of aromatic nitrogens is 3. The van der Waals surface area contributed by atoms with Crippen molar-refractivity contribution in [2.75, 3.05) is 5.75 Å². The van der Waals surface area contributed by atoms with Crippen molar-refractivity contribution in [1.82, 2.24) is 25.4 Å². The number of benzene rings is 1. The number of carbonyl (C=O) groups is 2. The molecule has 9 heteroatoms. The van der Waals surface area contributed by atoms with E-state index in [2.05, 4.69) is 27.8 Å². The van der Waals surface area contributed by atoms with Crippen molar-refractivity contribution in [2.45, 2.75) is 63.8 Å². The molecule has 0 saturated heterocycles. The molecular weight excluding hydrogens is 405 g/mol. The number of carbonyl (C=O) groups excluding carboxylic acids is 2. The molecule has 0 spiro atoms. The SMILES string of the molecule is CCn1c(CNC(=O)c2ccc(F)cc2)nnc1SCC(=O)N[C@@H]1CCCC[C@@H]1C. The first-order chi connectivity index (χ1) is 14.5. The molecule has 1 fully saturated rings. The van der Waals surface area contributed by atoms with Crippen LogP contribution in [-0.2, 0) is 17.9 Å². The quantitative estimate of drug-likeness (QED) is 0.625. The number of thioether (sulfide) groups is 1. The van der Waals surface area contributed by atoms with Crippen LogP contribution < -0.4 is 10.6 Å². The zero-order chi connectivity index (χ0) is 21.5. The van der Waals surface area contributed by atoms with Gasteiger partial charge in [0.15, 0.2) is 11.0 Å². The molecule has 0 bridgehead atoms. The van der Waals surface area contributed by atoms with Crippen LogP contribution in [0, 0.1) is 11.7 Å². The molecule has 0 aliphatic heterocycles. The Hall–Kier alpha value is -2.42. The second-order valence-electron chi connectivity index (χ2n) is 7.56. The van der Waals surface area contributed by atoms with Gasteiger partial charge in [-0.25, -0.2) is 4.39 Å². The average molecular weight is 434 g/mol. The van der Waals surface area contributed by atoms with Gasteiger partial charge < -0.3 is 15.2 Å². The summed E-state index contributed by atoms with van der Waals surface area (Å²) in [5.41, 5.74) is 0.377. The van der Waals surface area contributed by atoms with Gasteiger partial charge in [0.05, 0.1) is 12.3 Å². The second kappa shape index (κ2) is 10.6. The molecule has 1 aliphatic rings. The smallest absolute Gasteiger partial charge is 0.251 e.